The van der Waals surface area contributed by atoms with Crippen molar-refractivity contribution in [3.8, 4) is 12.3 Å². The first-order valence-corrected chi connectivity index (χ1v) is 6.07. The zero-order chi connectivity index (χ0) is 12.9. The fourth-order valence-electron chi connectivity index (χ4n) is 1.80. The van der Waals surface area contributed by atoms with Gasteiger partial charge in [-0.15, -0.1) is 6.42 Å². The molecule has 1 fully saturated rings. The van der Waals surface area contributed by atoms with Crippen LogP contribution in [0.5, 0.6) is 0 Å². The molecule has 1 rings (SSSR count). The molecule has 0 aliphatic carbocycles. The summed E-state index contributed by atoms with van der Waals surface area (Å²) in [6.45, 7) is 7.70. The average Bonchev–Trinajstić information content (AvgIpc) is 2.24. The number of ether oxygens (including phenoxy) is 1. The molecule has 0 radical (unpaired) electrons. The van der Waals surface area contributed by atoms with Crippen LogP contribution in [0.2, 0.25) is 0 Å². The molecule has 0 aromatic carbocycles. The second-order valence-electron chi connectivity index (χ2n) is 5.33. The number of rotatable bonds is 2. The summed E-state index contributed by atoms with van der Waals surface area (Å²) >= 11 is 0. The molecule has 1 aliphatic heterocycles. The molecule has 0 unspecified atom stereocenters. The van der Waals surface area contributed by atoms with E-state index in [1.807, 2.05) is 20.8 Å². The van der Waals surface area contributed by atoms with Gasteiger partial charge in [-0.1, -0.05) is 5.92 Å². The molecule has 0 spiro atoms. The van der Waals surface area contributed by atoms with Crippen molar-refractivity contribution in [1.29, 1.82) is 0 Å². The number of nitrogens with one attached hydrogen (secondary N) is 1. The van der Waals surface area contributed by atoms with Gasteiger partial charge in [0.25, 0.3) is 0 Å². The first-order valence-electron chi connectivity index (χ1n) is 6.07. The number of carbonyl (C=O) groups is 1. The largest absolute Gasteiger partial charge is 0.444 e. The van der Waals surface area contributed by atoms with Gasteiger partial charge in [0.1, 0.15) is 5.60 Å². The van der Waals surface area contributed by atoms with E-state index in [4.69, 9.17) is 11.2 Å². The Kier molecular flexibility index (Phi) is 4.83. The third-order valence-corrected chi connectivity index (χ3v) is 2.64. The quantitative estimate of drug-likeness (QED) is 0.743. The molecule has 96 valence electrons. The molecule has 0 atom stereocenters. The van der Waals surface area contributed by atoms with Gasteiger partial charge in [-0.2, -0.15) is 0 Å². The van der Waals surface area contributed by atoms with Crippen LogP contribution in [-0.2, 0) is 4.74 Å². The molecular weight excluding hydrogens is 216 g/mol. The molecular formula is C13H22N2O2. The number of hydrogen-bond donors (Lipinski definition) is 1. The van der Waals surface area contributed by atoms with Gasteiger partial charge in [0.05, 0.1) is 6.54 Å². The monoisotopic (exact) mass is 238 g/mol. The zero-order valence-corrected chi connectivity index (χ0v) is 11.0. The van der Waals surface area contributed by atoms with Gasteiger partial charge < -0.3 is 15.0 Å². The van der Waals surface area contributed by atoms with Crippen LogP contribution in [0.4, 0.5) is 4.79 Å². The number of nitrogens with zero attached hydrogens (tertiary/aromatic N) is 1. The van der Waals surface area contributed by atoms with Crippen molar-refractivity contribution in [1.82, 2.24) is 10.2 Å². The molecule has 1 saturated heterocycles. The average molecular weight is 238 g/mol. The maximum Gasteiger partial charge on any atom is 0.410 e. The van der Waals surface area contributed by atoms with Crippen LogP contribution in [0.3, 0.4) is 0 Å². The molecule has 4 nitrogen and oxygen atoms in total. The number of hydrogen-bond acceptors (Lipinski definition) is 3. The lowest BCUT2D eigenvalue weighted by molar-refractivity contribution is 0.0199. The number of carbonyl (C=O) groups excluding carboxylic acids is 1. The topological polar surface area (TPSA) is 41.6 Å². The number of amides is 1. The standard InChI is InChI=1S/C13H22N2O2/c1-5-8-14-11-6-9-15(10-7-11)12(16)17-13(2,3)4/h1,11,14H,6-10H2,2-4H3. The van der Waals surface area contributed by atoms with Gasteiger partial charge in [-0.05, 0) is 33.6 Å². The maximum absolute atomic E-state index is 11.8. The van der Waals surface area contributed by atoms with E-state index in [-0.39, 0.29) is 6.09 Å². The van der Waals surface area contributed by atoms with E-state index in [1.165, 1.54) is 0 Å². The molecule has 0 saturated carbocycles. The summed E-state index contributed by atoms with van der Waals surface area (Å²) in [4.78, 5) is 13.5. The molecule has 0 aromatic heterocycles. The number of terminal acetylenes is 1. The van der Waals surface area contributed by atoms with Crippen LogP contribution in [0.25, 0.3) is 0 Å². The Morgan fingerprint density at radius 2 is 2.06 bits per heavy atom. The van der Waals surface area contributed by atoms with Crippen LogP contribution in [0.15, 0.2) is 0 Å². The third kappa shape index (κ3) is 5.10. The Morgan fingerprint density at radius 1 is 1.47 bits per heavy atom. The molecule has 1 aliphatic rings. The van der Waals surface area contributed by atoms with Crippen molar-refractivity contribution in [2.75, 3.05) is 19.6 Å². The Labute approximate surface area is 104 Å². The highest BCUT2D eigenvalue weighted by Crippen LogP contribution is 2.15. The highest BCUT2D eigenvalue weighted by molar-refractivity contribution is 5.68. The van der Waals surface area contributed by atoms with E-state index in [2.05, 4.69) is 11.2 Å². The highest BCUT2D eigenvalue weighted by Gasteiger charge is 2.26. The van der Waals surface area contributed by atoms with Crippen LogP contribution in [-0.4, -0.2) is 42.3 Å². The van der Waals surface area contributed by atoms with Gasteiger partial charge in [-0.3, -0.25) is 0 Å². The fraction of sp³-hybridized carbons (Fsp3) is 0.769. The first-order chi connectivity index (χ1) is 7.92. The predicted octanol–water partition coefficient (Wildman–Crippen LogP) is 1.61. The van der Waals surface area contributed by atoms with E-state index in [0.29, 0.717) is 12.6 Å². The minimum absolute atomic E-state index is 0.215. The molecule has 1 amide bonds. The van der Waals surface area contributed by atoms with E-state index in [0.717, 1.165) is 25.9 Å². The SMILES string of the molecule is C#CCNC1CCN(C(=O)OC(C)(C)C)CC1. The number of piperidine rings is 1. The Balaban J connectivity index is 2.32. The molecule has 17 heavy (non-hydrogen) atoms. The summed E-state index contributed by atoms with van der Waals surface area (Å²) in [5, 5.41) is 3.26. The van der Waals surface area contributed by atoms with Crippen LogP contribution in [0, 0.1) is 12.3 Å². The second kappa shape index (κ2) is 5.92. The molecule has 1 heterocycles. The molecule has 0 bridgehead atoms. The van der Waals surface area contributed by atoms with Gasteiger partial charge in [0, 0.05) is 19.1 Å². The lowest BCUT2D eigenvalue weighted by atomic mass is 10.1. The van der Waals surface area contributed by atoms with E-state index in [9.17, 15) is 4.79 Å². The first kappa shape index (κ1) is 13.9. The molecule has 0 aromatic rings. The zero-order valence-electron chi connectivity index (χ0n) is 11.0. The third-order valence-electron chi connectivity index (χ3n) is 2.64. The summed E-state index contributed by atoms with van der Waals surface area (Å²) in [6, 6.07) is 0.421. The van der Waals surface area contributed by atoms with E-state index < -0.39 is 5.60 Å². The lowest BCUT2D eigenvalue weighted by Crippen LogP contribution is -2.46. The van der Waals surface area contributed by atoms with Gasteiger partial charge in [0.2, 0.25) is 0 Å². The van der Waals surface area contributed by atoms with E-state index in [1.54, 1.807) is 4.90 Å². The van der Waals surface area contributed by atoms with Crippen molar-refractivity contribution < 1.29 is 9.53 Å². The van der Waals surface area contributed by atoms with Crippen molar-refractivity contribution in [3.63, 3.8) is 0 Å². The van der Waals surface area contributed by atoms with Gasteiger partial charge in [-0.25, -0.2) is 4.79 Å². The minimum atomic E-state index is -0.421. The summed E-state index contributed by atoms with van der Waals surface area (Å²) < 4.78 is 5.33. The summed E-state index contributed by atoms with van der Waals surface area (Å²) in [5.74, 6) is 2.56. The summed E-state index contributed by atoms with van der Waals surface area (Å²) in [7, 11) is 0. The van der Waals surface area contributed by atoms with Crippen LogP contribution >= 0.6 is 0 Å². The Bertz CT molecular complexity index is 294. The van der Waals surface area contributed by atoms with Crippen LogP contribution in [0.1, 0.15) is 33.6 Å². The lowest BCUT2D eigenvalue weighted by Gasteiger charge is -2.33. The van der Waals surface area contributed by atoms with Gasteiger partial charge in [0.15, 0.2) is 0 Å². The van der Waals surface area contributed by atoms with Crippen LogP contribution < -0.4 is 5.32 Å². The Morgan fingerprint density at radius 3 is 2.53 bits per heavy atom. The highest BCUT2D eigenvalue weighted by atomic mass is 16.6. The Hall–Kier alpha value is -1.21. The predicted molar refractivity (Wildman–Crippen MR) is 67.7 cm³/mol. The minimum Gasteiger partial charge on any atom is -0.444 e. The normalized spacial score (nSPS) is 17.6. The van der Waals surface area contributed by atoms with Crippen molar-refractivity contribution in [2.45, 2.75) is 45.3 Å². The molecule has 1 N–H and O–H groups in total. The van der Waals surface area contributed by atoms with Crippen molar-refractivity contribution >= 4 is 6.09 Å². The number of likely N-dealkylation sites (tertiary alicyclic amines) is 1. The maximum atomic E-state index is 11.8. The second-order valence-corrected chi connectivity index (χ2v) is 5.33. The van der Waals surface area contributed by atoms with Crippen molar-refractivity contribution in [3.05, 3.63) is 0 Å². The van der Waals surface area contributed by atoms with E-state index >= 15 is 0 Å². The fourth-order valence-corrected chi connectivity index (χ4v) is 1.80. The van der Waals surface area contributed by atoms with Crippen molar-refractivity contribution in [2.24, 2.45) is 0 Å². The molecule has 4 heteroatoms. The van der Waals surface area contributed by atoms with Gasteiger partial charge >= 0.3 is 6.09 Å². The summed E-state index contributed by atoms with van der Waals surface area (Å²) in [6.07, 6.45) is 6.84. The summed E-state index contributed by atoms with van der Waals surface area (Å²) in [5.41, 5.74) is -0.421. The smallest absolute Gasteiger partial charge is 0.410 e.